The van der Waals surface area contributed by atoms with Crippen molar-refractivity contribution in [3.8, 4) is 5.75 Å². The number of rotatable bonds is 4. The van der Waals surface area contributed by atoms with Crippen LogP contribution in [0.3, 0.4) is 0 Å². The molecule has 0 radical (unpaired) electrons. The fraction of sp³-hybridized carbons (Fsp3) is 0.250. The summed E-state index contributed by atoms with van der Waals surface area (Å²) in [6, 6.07) is 12.1. The zero-order valence-electron chi connectivity index (χ0n) is 11.3. The minimum atomic E-state index is -0.198. The molecule has 2 rings (SSSR count). The molecule has 20 heavy (non-hydrogen) atoms. The first kappa shape index (κ1) is 15.9. The molecule has 0 fully saturated rings. The largest absolute Gasteiger partial charge is 0.494 e. The Balaban J connectivity index is 2.35. The Bertz CT molecular complexity index is 593. The van der Waals surface area contributed by atoms with E-state index in [4.69, 9.17) is 16.3 Å². The third-order valence-electron chi connectivity index (χ3n) is 2.91. The molecule has 0 saturated carbocycles. The highest BCUT2D eigenvalue weighted by Gasteiger charge is 2.15. The minimum Gasteiger partial charge on any atom is -0.494 e. The molecule has 0 aliphatic carbocycles. The summed E-state index contributed by atoms with van der Waals surface area (Å²) in [5.74, 6) is 0.845. The Morgan fingerprint density at radius 2 is 1.90 bits per heavy atom. The van der Waals surface area contributed by atoms with Gasteiger partial charge in [0.15, 0.2) is 0 Å². The van der Waals surface area contributed by atoms with E-state index >= 15 is 0 Å². The SMILES string of the molecule is CCOc1ccc(C(Cl)c2cc(C)cc(Br)c2)c(Br)c1. The number of alkyl halides is 1. The number of halogens is 3. The lowest BCUT2D eigenvalue weighted by molar-refractivity contribution is 0.340. The Morgan fingerprint density at radius 1 is 1.15 bits per heavy atom. The predicted molar refractivity (Wildman–Crippen MR) is 91.9 cm³/mol. The molecule has 1 unspecified atom stereocenters. The topological polar surface area (TPSA) is 9.23 Å². The number of hydrogen-bond acceptors (Lipinski definition) is 1. The molecular weight excluding hydrogens is 403 g/mol. The van der Waals surface area contributed by atoms with E-state index < -0.39 is 0 Å². The molecule has 0 aliphatic heterocycles. The summed E-state index contributed by atoms with van der Waals surface area (Å²) in [7, 11) is 0. The van der Waals surface area contributed by atoms with E-state index in [0.29, 0.717) is 6.61 Å². The van der Waals surface area contributed by atoms with Gasteiger partial charge in [-0.3, -0.25) is 0 Å². The molecule has 1 atom stereocenters. The molecule has 0 amide bonds. The number of benzene rings is 2. The van der Waals surface area contributed by atoms with Crippen molar-refractivity contribution < 1.29 is 4.74 Å². The van der Waals surface area contributed by atoms with E-state index in [2.05, 4.69) is 50.9 Å². The van der Waals surface area contributed by atoms with E-state index in [-0.39, 0.29) is 5.38 Å². The van der Waals surface area contributed by atoms with Gasteiger partial charge in [0.25, 0.3) is 0 Å². The Labute approximate surface area is 141 Å². The Morgan fingerprint density at radius 3 is 2.50 bits per heavy atom. The lowest BCUT2D eigenvalue weighted by Crippen LogP contribution is -1.97. The van der Waals surface area contributed by atoms with Crippen LogP contribution in [0.4, 0.5) is 0 Å². The fourth-order valence-corrected chi connectivity index (χ4v) is 3.72. The molecule has 106 valence electrons. The molecule has 4 heteroatoms. The molecule has 0 bridgehead atoms. The number of ether oxygens (including phenoxy) is 1. The zero-order chi connectivity index (χ0) is 14.7. The summed E-state index contributed by atoms with van der Waals surface area (Å²) >= 11 is 13.7. The van der Waals surface area contributed by atoms with Crippen LogP contribution in [-0.4, -0.2) is 6.61 Å². The summed E-state index contributed by atoms with van der Waals surface area (Å²) in [5.41, 5.74) is 3.29. The van der Waals surface area contributed by atoms with Crippen molar-refractivity contribution >= 4 is 43.5 Å². The summed E-state index contributed by atoms with van der Waals surface area (Å²) in [6.45, 7) is 4.68. The third kappa shape index (κ3) is 3.78. The predicted octanol–water partition coefficient (Wildman–Crippen LogP) is 6.25. The van der Waals surface area contributed by atoms with Crippen LogP contribution in [0.5, 0.6) is 5.75 Å². The smallest absolute Gasteiger partial charge is 0.120 e. The molecule has 0 aromatic heterocycles. The van der Waals surface area contributed by atoms with Crippen molar-refractivity contribution in [3.05, 3.63) is 62.0 Å². The van der Waals surface area contributed by atoms with E-state index in [1.54, 1.807) is 0 Å². The molecule has 0 N–H and O–H groups in total. The van der Waals surface area contributed by atoms with Crippen LogP contribution in [0, 0.1) is 6.92 Å². The van der Waals surface area contributed by atoms with Crippen molar-refractivity contribution in [2.75, 3.05) is 6.61 Å². The highest BCUT2D eigenvalue weighted by molar-refractivity contribution is 9.10. The molecule has 0 heterocycles. The van der Waals surface area contributed by atoms with Crippen molar-refractivity contribution in [3.63, 3.8) is 0 Å². The van der Waals surface area contributed by atoms with Gasteiger partial charge in [-0.1, -0.05) is 44.0 Å². The van der Waals surface area contributed by atoms with E-state index in [0.717, 1.165) is 25.8 Å². The van der Waals surface area contributed by atoms with E-state index in [9.17, 15) is 0 Å². The van der Waals surface area contributed by atoms with Gasteiger partial charge in [0, 0.05) is 8.95 Å². The fourth-order valence-electron chi connectivity index (χ4n) is 2.06. The van der Waals surface area contributed by atoms with Crippen LogP contribution < -0.4 is 4.74 Å². The highest BCUT2D eigenvalue weighted by atomic mass is 79.9. The summed E-state index contributed by atoms with van der Waals surface area (Å²) in [5, 5.41) is -0.198. The molecule has 2 aromatic carbocycles. The van der Waals surface area contributed by atoms with Crippen LogP contribution in [0.1, 0.15) is 29.0 Å². The van der Waals surface area contributed by atoms with Gasteiger partial charge in [-0.05, 0) is 54.8 Å². The van der Waals surface area contributed by atoms with E-state index in [1.807, 2.05) is 31.2 Å². The lowest BCUT2D eigenvalue weighted by atomic mass is 10.0. The maximum absolute atomic E-state index is 6.62. The Hall–Kier alpha value is -0.510. The van der Waals surface area contributed by atoms with Gasteiger partial charge < -0.3 is 4.74 Å². The maximum Gasteiger partial charge on any atom is 0.120 e. The quantitative estimate of drug-likeness (QED) is 0.534. The number of aryl methyl sites for hydroxylation is 1. The van der Waals surface area contributed by atoms with Gasteiger partial charge >= 0.3 is 0 Å². The van der Waals surface area contributed by atoms with Crippen molar-refractivity contribution in [2.24, 2.45) is 0 Å². The zero-order valence-corrected chi connectivity index (χ0v) is 15.2. The lowest BCUT2D eigenvalue weighted by Gasteiger charge is -2.15. The van der Waals surface area contributed by atoms with Crippen LogP contribution >= 0.6 is 43.5 Å². The third-order valence-corrected chi connectivity index (χ3v) is 4.54. The summed E-state index contributed by atoms with van der Waals surface area (Å²) < 4.78 is 7.49. The van der Waals surface area contributed by atoms with Crippen LogP contribution in [-0.2, 0) is 0 Å². The standard InChI is InChI=1S/C16H15Br2ClO/c1-3-20-13-4-5-14(15(18)9-13)16(19)11-6-10(2)7-12(17)8-11/h4-9,16H,3H2,1-2H3. The monoisotopic (exact) mass is 416 g/mol. The Kier molecular flexibility index (Phi) is 5.53. The average molecular weight is 419 g/mol. The molecule has 2 aromatic rings. The van der Waals surface area contributed by atoms with Gasteiger partial charge in [-0.25, -0.2) is 0 Å². The second kappa shape index (κ2) is 6.97. The number of hydrogen-bond donors (Lipinski definition) is 0. The molecule has 0 aliphatic rings. The normalized spacial score (nSPS) is 12.2. The highest BCUT2D eigenvalue weighted by Crippen LogP contribution is 2.36. The summed E-state index contributed by atoms with van der Waals surface area (Å²) in [4.78, 5) is 0. The van der Waals surface area contributed by atoms with Crippen LogP contribution in [0.2, 0.25) is 0 Å². The van der Waals surface area contributed by atoms with Crippen LogP contribution in [0.25, 0.3) is 0 Å². The van der Waals surface area contributed by atoms with E-state index in [1.165, 1.54) is 5.56 Å². The van der Waals surface area contributed by atoms with Gasteiger partial charge in [0.1, 0.15) is 5.75 Å². The second-order valence-electron chi connectivity index (χ2n) is 4.54. The first-order valence-electron chi connectivity index (χ1n) is 6.34. The van der Waals surface area contributed by atoms with Gasteiger partial charge in [-0.15, -0.1) is 11.6 Å². The van der Waals surface area contributed by atoms with Crippen molar-refractivity contribution in [1.29, 1.82) is 0 Å². The maximum atomic E-state index is 6.62. The first-order valence-corrected chi connectivity index (χ1v) is 8.37. The van der Waals surface area contributed by atoms with Gasteiger partial charge in [0.2, 0.25) is 0 Å². The van der Waals surface area contributed by atoms with Crippen LogP contribution in [0.15, 0.2) is 45.3 Å². The van der Waals surface area contributed by atoms with Crippen molar-refractivity contribution in [2.45, 2.75) is 19.2 Å². The molecule has 1 nitrogen and oxygen atoms in total. The average Bonchev–Trinajstić information content (AvgIpc) is 2.37. The molecule has 0 spiro atoms. The van der Waals surface area contributed by atoms with Crippen molar-refractivity contribution in [1.82, 2.24) is 0 Å². The minimum absolute atomic E-state index is 0.198. The molecular formula is C16H15Br2ClO. The first-order chi connectivity index (χ1) is 9.51. The van der Waals surface area contributed by atoms with Gasteiger partial charge in [-0.2, -0.15) is 0 Å². The van der Waals surface area contributed by atoms with Gasteiger partial charge in [0.05, 0.1) is 12.0 Å². The molecule has 0 saturated heterocycles. The summed E-state index contributed by atoms with van der Waals surface area (Å²) in [6.07, 6.45) is 0. The second-order valence-corrected chi connectivity index (χ2v) is 6.75.